The maximum absolute atomic E-state index is 13.1. The van der Waals surface area contributed by atoms with Crippen molar-refractivity contribution in [2.24, 2.45) is 5.11 Å². The van der Waals surface area contributed by atoms with Crippen molar-refractivity contribution in [1.29, 1.82) is 10.9 Å². The molecule has 10 nitrogen and oxygen atoms in total. The van der Waals surface area contributed by atoms with E-state index in [9.17, 15) is 4.79 Å². The van der Waals surface area contributed by atoms with Gasteiger partial charge in [-0.3, -0.25) is 4.79 Å². The van der Waals surface area contributed by atoms with E-state index >= 15 is 0 Å². The third-order valence-corrected chi connectivity index (χ3v) is 6.00. The minimum absolute atomic E-state index is 0.0183. The molecule has 0 saturated heterocycles. The lowest BCUT2D eigenvalue weighted by molar-refractivity contribution is -0.118. The average molecular weight is 546 g/mol. The van der Waals surface area contributed by atoms with Gasteiger partial charge in [0.2, 0.25) is 5.95 Å². The van der Waals surface area contributed by atoms with E-state index in [1.807, 2.05) is 39.0 Å². The van der Waals surface area contributed by atoms with Crippen LogP contribution in [0, 0.1) is 10.9 Å². The Morgan fingerprint density at radius 3 is 2.55 bits per heavy atom. The number of allylic oxidation sites excluding steroid dienone is 2. The van der Waals surface area contributed by atoms with Gasteiger partial charge in [-0.1, -0.05) is 44.6 Å². The zero-order chi connectivity index (χ0) is 29.7. The maximum Gasteiger partial charge on any atom is 0.273 e. The smallest absolute Gasteiger partial charge is 0.273 e. The molecule has 0 spiro atoms. The average Bonchev–Trinajstić information content (AvgIpc) is 2.92. The maximum atomic E-state index is 13.1. The lowest BCUT2D eigenvalue weighted by Gasteiger charge is -2.23. The van der Waals surface area contributed by atoms with E-state index in [2.05, 4.69) is 62.8 Å². The number of hydrogen-bond donors (Lipinski definition) is 6. The molecule has 1 amide bonds. The SMILES string of the molecule is C=C(CC)Cc1cc(-c2ccnc(N/C(C=N)=C/NC)n2)ccc1C(CCC)NC(=O)/C(=C/NC(C)(C)C)N=N. The van der Waals surface area contributed by atoms with Gasteiger partial charge in [-0.15, -0.1) is 0 Å². The van der Waals surface area contributed by atoms with E-state index < -0.39 is 5.91 Å². The zero-order valence-electron chi connectivity index (χ0n) is 24.5. The van der Waals surface area contributed by atoms with Crippen molar-refractivity contribution in [2.75, 3.05) is 12.4 Å². The van der Waals surface area contributed by atoms with Crippen molar-refractivity contribution in [2.45, 2.75) is 71.9 Å². The molecular formula is C30H43N9O. The standard InChI is InChI=1S/C30H43N9O/c1-8-10-26(37-28(40)27(39-32)19-35-30(4,5)6)24-12-11-21(16-22(24)15-20(3)9-2)25-13-14-34-29(38-25)36-23(17-31)18-33-7/h11-14,16-19,26,31-33,35H,3,8-10,15H2,1-2,4-7H3,(H,37,40)(H,34,36,38)/b23-18+,27-19-,31-17?,39-32?. The summed E-state index contributed by atoms with van der Waals surface area (Å²) in [5.41, 5.74) is 12.6. The Labute approximate surface area is 237 Å². The minimum Gasteiger partial charge on any atom is -0.392 e. The molecule has 214 valence electrons. The lowest BCUT2D eigenvalue weighted by Crippen LogP contribution is -2.34. The number of aromatic nitrogens is 2. The molecule has 0 aliphatic heterocycles. The van der Waals surface area contributed by atoms with Gasteiger partial charge in [0.25, 0.3) is 5.91 Å². The third kappa shape index (κ3) is 9.76. The highest BCUT2D eigenvalue weighted by molar-refractivity contribution is 5.93. The Kier molecular flexibility index (Phi) is 12.2. The summed E-state index contributed by atoms with van der Waals surface area (Å²) >= 11 is 0. The number of nitrogens with one attached hydrogen (secondary N) is 6. The van der Waals surface area contributed by atoms with Crippen LogP contribution in [0.5, 0.6) is 0 Å². The first-order valence-electron chi connectivity index (χ1n) is 13.5. The van der Waals surface area contributed by atoms with E-state index in [0.717, 1.165) is 47.2 Å². The molecule has 1 atom stereocenters. The second-order valence-corrected chi connectivity index (χ2v) is 10.5. The molecule has 6 N–H and O–H groups in total. The third-order valence-electron chi connectivity index (χ3n) is 6.00. The summed E-state index contributed by atoms with van der Waals surface area (Å²) in [4.78, 5) is 22.1. The number of carbonyl (C=O) groups excluding carboxylic acids is 1. The number of carbonyl (C=O) groups is 1. The molecule has 0 aliphatic rings. The largest absolute Gasteiger partial charge is 0.392 e. The highest BCUT2D eigenvalue weighted by Gasteiger charge is 2.21. The van der Waals surface area contributed by atoms with Crippen molar-refractivity contribution in [3.05, 3.63) is 77.5 Å². The fraction of sp³-hybridized carbons (Fsp3) is 0.400. The van der Waals surface area contributed by atoms with Gasteiger partial charge >= 0.3 is 0 Å². The molecule has 2 rings (SSSR count). The Hall–Kier alpha value is -4.34. The van der Waals surface area contributed by atoms with Gasteiger partial charge in [0.15, 0.2) is 5.70 Å². The van der Waals surface area contributed by atoms with Crippen LogP contribution in [0.15, 0.2) is 71.5 Å². The molecule has 1 heterocycles. The van der Waals surface area contributed by atoms with E-state index in [1.165, 1.54) is 12.4 Å². The molecule has 40 heavy (non-hydrogen) atoms. The molecule has 1 aromatic carbocycles. The van der Waals surface area contributed by atoms with Gasteiger partial charge in [-0.2, -0.15) is 5.11 Å². The molecule has 0 aliphatic carbocycles. The van der Waals surface area contributed by atoms with Crippen molar-refractivity contribution < 1.29 is 4.79 Å². The molecule has 1 aromatic heterocycles. The van der Waals surface area contributed by atoms with Crippen LogP contribution in [0.25, 0.3) is 11.3 Å². The Bertz CT molecular complexity index is 1260. The van der Waals surface area contributed by atoms with Crippen molar-refractivity contribution in [1.82, 2.24) is 25.9 Å². The minimum atomic E-state index is -0.405. The van der Waals surface area contributed by atoms with E-state index in [-0.39, 0.29) is 17.3 Å². The van der Waals surface area contributed by atoms with Crippen LogP contribution < -0.4 is 21.3 Å². The van der Waals surface area contributed by atoms with E-state index in [1.54, 1.807) is 19.4 Å². The predicted molar refractivity (Wildman–Crippen MR) is 162 cm³/mol. The van der Waals surface area contributed by atoms with E-state index in [0.29, 0.717) is 18.1 Å². The van der Waals surface area contributed by atoms with Gasteiger partial charge in [0.1, 0.15) is 0 Å². The number of nitrogens with zero attached hydrogens (tertiary/aromatic N) is 3. The van der Waals surface area contributed by atoms with Crippen molar-refractivity contribution >= 4 is 18.1 Å². The molecule has 2 aromatic rings. The number of amides is 1. The number of hydrogen-bond acceptors (Lipinski definition) is 9. The topological polar surface area (TPSA) is 151 Å². The summed E-state index contributed by atoms with van der Waals surface area (Å²) in [6, 6.07) is 7.68. The van der Waals surface area contributed by atoms with Gasteiger partial charge in [0.05, 0.1) is 17.4 Å². The Morgan fingerprint density at radius 1 is 1.20 bits per heavy atom. The number of benzene rings is 1. The summed E-state index contributed by atoms with van der Waals surface area (Å²) in [7, 11) is 1.76. The molecule has 0 saturated carbocycles. The van der Waals surface area contributed by atoms with E-state index in [4.69, 9.17) is 10.9 Å². The summed E-state index contributed by atoms with van der Waals surface area (Å²) in [5.74, 6) is -0.0257. The highest BCUT2D eigenvalue weighted by Crippen LogP contribution is 2.30. The molecule has 10 heteroatoms. The summed E-state index contributed by atoms with van der Waals surface area (Å²) in [5, 5.41) is 23.2. The van der Waals surface area contributed by atoms with Crippen LogP contribution in [0.4, 0.5) is 5.95 Å². The first-order chi connectivity index (χ1) is 19.0. The van der Waals surface area contributed by atoms with Crippen LogP contribution in [0.3, 0.4) is 0 Å². The quantitative estimate of drug-likeness (QED) is 0.0700. The van der Waals surface area contributed by atoms with Crippen LogP contribution in [0.2, 0.25) is 0 Å². The van der Waals surface area contributed by atoms with Crippen molar-refractivity contribution in [3.8, 4) is 11.3 Å². The molecule has 0 radical (unpaired) electrons. The summed E-state index contributed by atoms with van der Waals surface area (Å²) in [6.07, 6.45) is 9.08. The normalized spacial score (nSPS) is 12.8. The summed E-state index contributed by atoms with van der Waals surface area (Å²) < 4.78 is 0. The second kappa shape index (κ2) is 15.3. The van der Waals surface area contributed by atoms with Gasteiger partial charge in [-0.25, -0.2) is 15.5 Å². The molecular weight excluding hydrogens is 502 g/mol. The summed E-state index contributed by atoms with van der Waals surface area (Å²) in [6.45, 7) is 14.3. The van der Waals surface area contributed by atoms with Gasteiger partial charge < -0.3 is 26.7 Å². The molecule has 0 bridgehead atoms. The Balaban J connectivity index is 2.48. The van der Waals surface area contributed by atoms with Crippen LogP contribution in [-0.2, 0) is 11.2 Å². The monoisotopic (exact) mass is 545 g/mol. The number of rotatable bonds is 15. The highest BCUT2D eigenvalue weighted by atomic mass is 16.2. The van der Waals surface area contributed by atoms with Crippen LogP contribution in [0.1, 0.15) is 71.0 Å². The molecule has 1 unspecified atom stereocenters. The second-order valence-electron chi connectivity index (χ2n) is 10.5. The first-order valence-corrected chi connectivity index (χ1v) is 13.5. The fourth-order valence-corrected chi connectivity index (χ4v) is 3.89. The lowest BCUT2D eigenvalue weighted by atomic mass is 9.90. The Morgan fingerprint density at radius 2 is 1.95 bits per heavy atom. The zero-order valence-corrected chi connectivity index (χ0v) is 24.5. The van der Waals surface area contributed by atoms with Crippen molar-refractivity contribution in [3.63, 3.8) is 0 Å². The fourth-order valence-electron chi connectivity index (χ4n) is 3.89. The number of anilines is 1. The van der Waals surface area contributed by atoms with Gasteiger partial charge in [-0.05, 0) is 63.3 Å². The van der Waals surface area contributed by atoms with Crippen LogP contribution >= 0.6 is 0 Å². The molecule has 0 fully saturated rings. The first kappa shape index (κ1) is 31.9. The van der Waals surface area contributed by atoms with Gasteiger partial charge in [0, 0.05) is 43.0 Å². The van der Waals surface area contributed by atoms with Crippen LogP contribution in [-0.4, -0.2) is 34.7 Å². The predicted octanol–water partition coefficient (Wildman–Crippen LogP) is 5.99.